The van der Waals surface area contributed by atoms with Crippen LogP contribution in [0.4, 0.5) is 20.9 Å². The minimum Gasteiger partial charge on any atom is -0.494 e. The Labute approximate surface area is 190 Å². The van der Waals surface area contributed by atoms with Crippen molar-refractivity contribution in [2.24, 2.45) is 0 Å². The second kappa shape index (κ2) is 10.7. The van der Waals surface area contributed by atoms with Crippen LogP contribution in [0.3, 0.4) is 0 Å². The number of nitrogens with one attached hydrogen (secondary N) is 1. The van der Waals surface area contributed by atoms with Gasteiger partial charge in [-0.25, -0.2) is 9.37 Å². The molecule has 0 spiro atoms. The predicted octanol–water partition coefficient (Wildman–Crippen LogP) is 5.72. The third kappa shape index (κ3) is 5.79. The molecule has 166 valence electrons. The number of para-hydroxylation sites is 1. The first-order chi connectivity index (χ1) is 15.4. The molecule has 0 atom stereocenters. The summed E-state index contributed by atoms with van der Waals surface area (Å²) < 4.78 is 19.8. The molecule has 0 aliphatic heterocycles. The Hall–Kier alpha value is -3.52. The van der Waals surface area contributed by atoms with Gasteiger partial charge in [-0.15, -0.1) is 11.3 Å². The van der Waals surface area contributed by atoms with Gasteiger partial charge in [0.1, 0.15) is 11.6 Å². The maximum absolute atomic E-state index is 14.2. The molecule has 32 heavy (non-hydrogen) atoms. The zero-order valence-corrected chi connectivity index (χ0v) is 18.9. The number of rotatable bonds is 8. The lowest BCUT2D eigenvalue weighted by Crippen LogP contribution is -2.23. The van der Waals surface area contributed by atoms with Crippen LogP contribution in [0, 0.1) is 12.7 Å². The first-order valence-electron chi connectivity index (χ1n) is 10.1. The van der Waals surface area contributed by atoms with Crippen LogP contribution in [0.5, 0.6) is 5.75 Å². The fourth-order valence-electron chi connectivity index (χ4n) is 2.92. The summed E-state index contributed by atoms with van der Waals surface area (Å²) in [5.41, 5.74) is 2.19. The maximum Gasteiger partial charge on any atom is 0.248 e. The van der Waals surface area contributed by atoms with Crippen molar-refractivity contribution in [3.63, 3.8) is 0 Å². The SMILES string of the molecule is CCCOc1ccc(NC(=O)/C=C/c2csc(N(C(C)=O)c3ccccc3F)n2)c(C)c1. The van der Waals surface area contributed by atoms with Gasteiger partial charge >= 0.3 is 0 Å². The number of hydrogen-bond donors (Lipinski definition) is 1. The van der Waals surface area contributed by atoms with E-state index in [1.807, 2.05) is 26.0 Å². The molecule has 2 aromatic carbocycles. The van der Waals surface area contributed by atoms with E-state index in [1.54, 1.807) is 29.7 Å². The number of anilines is 3. The second-order valence-corrected chi connectivity index (χ2v) is 7.85. The smallest absolute Gasteiger partial charge is 0.248 e. The quantitative estimate of drug-likeness (QED) is 0.443. The third-order valence-corrected chi connectivity index (χ3v) is 5.29. The minimum absolute atomic E-state index is 0.129. The van der Waals surface area contributed by atoms with E-state index in [4.69, 9.17) is 4.74 Å². The summed E-state index contributed by atoms with van der Waals surface area (Å²) in [7, 11) is 0. The van der Waals surface area contributed by atoms with Crippen LogP contribution in [0.1, 0.15) is 31.5 Å². The van der Waals surface area contributed by atoms with E-state index in [2.05, 4.69) is 10.3 Å². The van der Waals surface area contributed by atoms with Gasteiger partial charge in [-0.2, -0.15) is 0 Å². The zero-order chi connectivity index (χ0) is 23.1. The fraction of sp³-hybridized carbons (Fsp3) is 0.208. The van der Waals surface area contributed by atoms with Crippen LogP contribution in [-0.4, -0.2) is 23.4 Å². The van der Waals surface area contributed by atoms with Crippen molar-refractivity contribution in [2.45, 2.75) is 27.2 Å². The summed E-state index contributed by atoms with van der Waals surface area (Å²) in [6.45, 7) is 5.92. The van der Waals surface area contributed by atoms with E-state index >= 15 is 0 Å². The lowest BCUT2D eigenvalue weighted by atomic mass is 10.2. The first-order valence-corrected chi connectivity index (χ1v) is 11.0. The molecule has 1 N–H and O–H groups in total. The molecule has 3 rings (SSSR count). The Morgan fingerprint density at radius 3 is 2.72 bits per heavy atom. The minimum atomic E-state index is -0.518. The van der Waals surface area contributed by atoms with Crippen molar-refractivity contribution in [1.29, 1.82) is 0 Å². The van der Waals surface area contributed by atoms with Gasteiger partial charge in [-0.3, -0.25) is 14.5 Å². The molecule has 0 bridgehead atoms. The van der Waals surface area contributed by atoms with E-state index in [0.717, 1.165) is 17.7 Å². The van der Waals surface area contributed by atoms with Gasteiger partial charge in [0.15, 0.2) is 5.13 Å². The van der Waals surface area contributed by atoms with Crippen molar-refractivity contribution >= 4 is 45.7 Å². The molecular formula is C24H24FN3O3S. The number of ether oxygens (including phenoxy) is 1. The molecule has 0 saturated carbocycles. The van der Waals surface area contributed by atoms with Gasteiger partial charge < -0.3 is 10.1 Å². The van der Waals surface area contributed by atoms with E-state index in [0.29, 0.717) is 23.1 Å². The van der Waals surface area contributed by atoms with E-state index in [1.165, 1.54) is 41.4 Å². The van der Waals surface area contributed by atoms with Crippen molar-refractivity contribution in [3.8, 4) is 5.75 Å². The highest BCUT2D eigenvalue weighted by Crippen LogP contribution is 2.31. The number of halogens is 1. The van der Waals surface area contributed by atoms with E-state index in [9.17, 15) is 14.0 Å². The largest absolute Gasteiger partial charge is 0.494 e. The number of amides is 2. The highest BCUT2D eigenvalue weighted by molar-refractivity contribution is 7.14. The lowest BCUT2D eigenvalue weighted by molar-refractivity contribution is -0.116. The van der Waals surface area contributed by atoms with Crippen LogP contribution < -0.4 is 15.0 Å². The average molecular weight is 454 g/mol. The van der Waals surface area contributed by atoms with Gasteiger partial charge in [0.2, 0.25) is 11.8 Å². The Balaban J connectivity index is 1.69. The molecular weight excluding hydrogens is 429 g/mol. The number of nitrogens with zero attached hydrogens (tertiary/aromatic N) is 2. The molecule has 0 saturated heterocycles. The number of carbonyl (C=O) groups excluding carboxylic acids is 2. The molecule has 1 heterocycles. The van der Waals surface area contributed by atoms with Crippen molar-refractivity contribution in [3.05, 3.63) is 71.0 Å². The topological polar surface area (TPSA) is 71.5 Å². The molecule has 3 aromatic rings. The van der Waals surface area contributed by atoms with Crippen molar-refractivity contribution < 1.29 is 18.7 Å². The number of carbonyl (C=O) groups is 2. The van der Waals surface area contributed by atoms with E-state index < -0.39 is 5.82 Å². The maximum atomic E-state index is 14.2. The normalized spacial score (nSPS) is 10.9. The third-order valence-electron chi connectivity index (χ3n) is 4.44. The number of thiazole rings is 1. The van der Waals surface area contributed by atoms with Gasteiger partial charge in [0, 0.05) is 24.1 Å². The van der Waals surface area contributed by atoms with Crippen LogP contribution >= 0.6 is 11.3 Å². The van der Waals surface area contributed by atoms with Gasteiger partial charge in [0.25, 0.3) is 0 Å². The summed E-state index contributed by atoms with van der Waals surface area (Å²) >= 11 is 1.19. The molecule has 0 fully saturated rings. The number of benzene rings is 2. The van der Waals surface area contributed by atoms with Crippen LogP contribution in [-0.2, 0) is 9.59 Å². The molecule has 8 heteroatoms. The number of aromatic nitrogens is 1. The van der Waals surface area contributed by atoms with Crippen LogP contribution in [0.15, 0.2) is 53.9 Å². The Morgan fingerprint density at radius 1 is 1.25 bits per heavy atom. The molecule has 0 aliphatic carbocycles. The van der Waals surface area contributed by atoms with Crippen LogP contribution in [0.25, 0.3) is 6.08 Å². The van der Waals surface area contributed by atoms with Gasteiger partial charge in [0.05, 0.1) is 18.0 Å². The van der Waals surface area contributed by atoms with Crippen LogP contribution in [0.2, 0.25) is 0 Å². The Kier molecular flexibility index (Phi) is 7.72. The summed E-state index contributed by atoms with van der Waals surface area (Å²) in [6, 6.07) is 11.5. The molecule has 0 radical (unpaired) electrons. The molecule has 1 aromatic heterocycles. The van der Waals surface area contributed by atoms with Gasteiger partial charge in [-0.05, 0) is 55.3 Å². The zero-order valence-electron chi connectivity index (χ0n) is 18.1. The summed E-state index contributed by atoms with van der Waals surface area (Å²) in [5.74, 6) is -0.435. The molecule has 0 aliphatic rings. The Bertz CT molecular complexity index is 1140. The second-order valence-electron chi connectivity index (χ2n) is 7.01. The summed E-state index contributed by atoms with van der Waals surface area (Å²) in [5, 5.41) is 4.84. The number of hydrogen-bond acceptors (Lipinski definition) is 5. The molecule has 0 unspecified atom stereocenters. The first kappa shape index (κ1) is 23.1. The van der Waals surface area contributed by atoms with Crippen molar-refractivity contribution in [2.75, 3.05) is 16.8 Å². The lowest BCUT2D eigenvalue weighted by Gasteiger charge is -2.18. The fourth-order valence-corrected chi connectivity index (χ4v) is 3.77. The Morgan fingerprint density at radius 2 is 2.03 bits per heavy atom. The average Bonchev–Trinajstić information content (AvgIpc) is 3.22. The predicted molar refractivity (Wildman–Crippen MR) is 126 cm³/mol. The highest BCUT2D eigenvalue weighted by Gasteiger charge is 2.20. The monoisotopic (exact) mass is 453 g/mol. The van der Waals surface area contributed by atoms with Gasteiger partial charge in [-0.1, -0.05) is 19.1 Å². The van der Waals surface area contributed by atoms with Crippen molar-refractivity contribution in [1.82, 2.24) is 4.98 Å². The molecule has 2 amide bonds. The standard InChI is InChI=1S/C24H24FN3O3S/c1-4-13-31-19-10-11-21(16(2)14-19)27-23(30)12-9-18-15-32-24(26-18)28(17(3)29)22-8-6-5-7-20(22)25/h5-12,14-15H,4,13H2,1-3H3,(H,27,30)/b12-9+. The summed E-state index contributed by atoms with van der Waals surface area (Å²) in [6.07, 6.45) is 3.83. The number of aryl methyl sites for hydroxylation is 1. The molecule has 6 nitrogen and oxygen atoms in total. The van der Waals surface area contributed by atoms with E-state index in [-0.39, 0.29) is 17.5 Å². The summed E-state index contributed by atoms with van der Waals surface area (Å²) in [4.78, 5) is 30.0. The highest BCUT2D eigenvalue weighted by atomic mass is 32.1.